The Morgan fingerprint density at radius 1 is 1.15 bits per heavy atom. The molecule has 0 heterocycles. The number of hydrogen-bond acceptors (Lipinski definition) is 3. The van der Waals surface area contributed by atoms with Crippen LogP contribution in [0.1, 0.15) is 29.8 Å². The smallest absolute Gasteiger partial charge is 0.335 e. The lowest BCUT2D eigenvalue weighted by Crippen LogP contribution is -2.40. The summed E-state index contributed by atoms with van der Waals surface area (Å²) in [5.74, 6) is -0.899. The van der Waals surface area contributed by atoms with Crippen molar-refractivity contribution in [3.63, 3.8) is 0 Å². The van der Waals surface area contributed by atoms with Gasteiger partial charge in [0.05, 0.1) is 11.7 Å². The van der Waals surface area contributed by atoms with Crippen molar-refractivity contribution in [1.82, 2.24) is 10.6 Å². The number of aliphatic hydroxyl groups is 1. The number of carbonyl (C=O) groups excluding carboxylic acids is 1. The Balaban J connectivity index is 2.35. The number of benzene rings is 1. The molecule has 110 valence electrons. The van der Waals surface area contributed by atoms with Crippen LogP contribution in [-0.2, 0) is 6.54 Å². The summed E-state index contributed by atoms with van der Waals surface area (Å²) < 4.78 is 0. The lowest BCUT2D eigenvalue weighted by atomic mass is 10.1. The van der Waals surface area contributed by atoms with Crippen molar-refractivity contribution in [1.29, 1.82) is 0 Å². The molecule has 6 heteroatoms. The Labute approximate surface area is 117 Å². The first-order valence-corrected chi connectivity index (χ1v) is 6.42. The third-order valence-corrected chi connectivity index (χ3v) is 2.90. The topological polar surface area (TPSA) is 98.7 Å². The van der Waals surface area contributed by atoms with Gasteiger partial charge in [-0.2, -0.15) is 0 Å². The summed E-state index contributed by atoms with van der Waals surface area (Å²) in [5.41, 5.74) is 1.01. The van der Waals surface area contributed by atoms with Crippen molar-refractivity contribution in [3.8, 4) is 0 Å². The highest BCUT2D eigenvalue weighted by Crippen LogP contribution is 2.04. The predicted molar refractivity (Wildman–Crippen MR) is 74.5 cm³/mol. The van der Waals surface area contributed by atoms with Gasteiger partial charge in [0.25, 0.3) is 0 Å². The van der Waals surface area contributed by atoms with Crippen molar-refractivity contribution in [3.05, 3.63) is 35.4 Å². The van der Waals surface area contributed by atoms with Crippen LogP contribution in [0, 0.1) is 5.92 Å². The maximum absolute atomic E-state index is 11.5. The molecule has 1 rings (SSSR count). The molecule has 0 aliphatic carbocycles. The minimum atomic E-state index is -0.982. The molecular weight excluding hydrogens is 260 g/mol. The van der Waals surface area contributed by atoms with Gasteiger partial charge in [-0.1, -0.05) is 26.0 Å². The van der Waals surface area contributed by atoms with Gasteiger partial charge in [-0.3, -0.25) is 0 Å². The number of carbonyl (C=O) groups is 2. The van der Waals surface area contributed by atoms with Gasteiger partial charge in [-0.05, 0) is 23.6 Å². The molecule has 0 saturated carbocycles. The maximum atomic E-state index is 11.5. The van der Waals surface area contributed by atoms with Gasteiger partial charge in [0, 0.05) is 13.1 Å². The first kappa shape index (κ1) is 16.0. The highest BCUT2D eigenvalue weighted by Gasteiger charge is 2.10. The van der Waals surface area contributed by atoms with Crippen LogP contribution < -0.4 is 10.6 Å². The van der Waals surface area contributed by atoms with Crippen LogP contribution in [0.25, 0.3) is 0 Å². The summed E-state index contributed by atoms with van der Waals surface area (Å²) in [6, 6.07) is 5.89. The quantitative estimate of drug-likeness (QED) is 0.629. The minimum absolute atomic E-state index is 0.0823. The van der Waals surface area contributed by atoms with Crippen molar-refractivity contribution in [2.45, 2.75) is 26.5 Å². The fourth-order valence-corrected chi connectivity index (χ4v) is 1.44. The first-order valence-electron chi connectivity index (χ1n) is 6.42. The molecule has 0 bridgehead atoms. The van der Waals surface area contributed by atoms with Gasteiger partial charge < -0.3 is 20.8 Å². The summed E-state index contributed by atoms with van der Waals surface area (Å²) >= 11 is 0. The van der Waals surface area contributed by atoms with E-state index >= 15 is 0 Å². The molecule has 2 amide bonds. The van der Waals surface area contributed by atoms with Crippen LogP contribution >= 0.6 is 0 Å². The summed E-state index contributed by atoms with van der Waals surface area (Å²) in [4.78, 5) is 22.2. The summed E-state index contributed by atoms with van der Waals surface area (Å²) in [6.45, 7) is 4.23. The van der Waals surface area contributed by atoms with Gasteiger partial charge in [0.1, 0.15) is 0 Å². The molecule has 0 aromatic heterocycles. The van der Waals surface area contributed by atoms with Gasteiger partial charge in [-0.25, -0.2) is 9.59 Å². The molecule has 1 unspecified atom stereocenters. The number of carboxylic acids is 1. The van der Waals surface area contributed by atoms with E-state index in [4.69, 9.17) is 5.11 Å². The van der Waals surface area contributed by atoms with Crippen molar-refractivity contribution in [2.75, 3.05) is 6.54 Å². The zero-order valence-electron chi connectivity index (χ0n) is 11.6. The average Bonchev–Trinajstić information content (AvgIpc) is 2.42. The largest absolute Gasteiger partial charge is 0.478 e. The van der Waals surface area contributed by atoms with Crippen LogP contribution in [0.4, 0.5) is 4.79 Å². The number of hydrogen-bond donors (Lipinski definition) is 4. The Hall–Kier alpha value is -2.08. The highest BCUT2D eigenvalue weighted by atomic mass is 16.4. The van der Waals surface area contributed by atoms with E-state index in [1.165, 1.54) is 12.1 Å². The third kappa shape index (κ3) is 5.27. The number of aromatic carboxylic acids is 1. The van der Waals surface area contributed by atoms with E-state index in [9.17, 15) is 14.7 Å². The number of amides is 2. The summed E-state index contributed by atoms with van der Waals surface area (Å²) in [7, 11) is 0. The monoisotopic (exact) mass is 280 g/mol. The van der Waals surface area contributed by atoms with E-state index in [-0.39, 0.29) is 24.1 Å². The van der Waals surface area contributed by atoms with Crippen LogP contribution in [0.15, 0.2) is 24.3 Å². The molecule has 6 nitrogen and oxygen atoms in total. The van der Waals surface area contributed by atoms with Gasteiger partial charge >= 0.3 is 12.0 Å². The van der Waals surface area contributed by atoms with Crippen LogP contribution in [-0.4, -0.2) is 34.9 Å². The van der Waals surface area contributed by atoms with Crippen molar-refractivity contribution < 1.29 is 19.8 Å². The second-order valence-electron chi connectivity index (χ2n) is 4.88. The van der Waals surface area contributed by atoms with Gasteiger partial charge in [0.2, 0.25) is 0 Å². The molecule has 0 fully saturated rings. The zero-order chi connectivity index (χ0) is 15.1. The molecule has 0 radical (unpaired) electrons. The SMILES string of the molecule is CC(C)C(O)CNC(=O)NCc1ccc(C(=O)O)cc1. The standard InChI is InChI=1S/C14H20N2O4/c1-9(2)12(17)8-16-14(20)15-7-10-3-5-11(6-4-10)13(18)19/h3-6,9,12,17H,7-8H2,1-2H3,(H,18,19)(H2,15,16,20). The molecule has 1 atom stereocenters. The van der Waals surface area contributed by atoms with E-state index in [0.29, 0.717) is 6.54 Å². The third-order valence-electron chi connectivity index (χ3n) is 2.90. The fraction of sp³-hybridized carbons (Fsp3) is 0.429. The number of nitrogens with one attached hydrogen (secondary N) is 2. The summed E-state index contributed by atoms with van der Waals surface area (Å²) in [5, 5.41) is 23.5. The summed E-state index contributed by atoms with van der Waals surface area (Å²) in [6.07, 6.45) is -0.574. The van der Waals surface area contributed by atoms with Gasteiger partial charge in [-0.15, -0.1) is 0 Å². The van der Waals surface area contributed by atoms with E-state index in [2.05, 4.69) is 10.6 Å². The zero-order valence-corrected chi connectivity index (χ0v) is 11.6. The normalized spacial score (nSPS) is 12.0. The van der Waals surface area contributed by atoms with Crippen molar-refractivity contribution >= 4 is 12.0 Å². The number of urea groups is 1. The molecule has 0 saturated heterocycles. The van der Waals surface area contributed by atoms with Crippen LogP contribution in [0.3, 0.4) is 0 Å². The van der Waals surface area contributed by atoms with E-state index in [1.807, 2.05) is 13.8 Å². The van der Waals surface area contributed by atoms with E-state index < -0.39 is 12.1 Å². The van der Waals surface area contributed by atoms with Crippen molar-refractivity contribution in [2.24, 2.45) is 5.92 Å². The molecule has 20 heavy (non-hydrogen) atoms. The molecule has 0 aliphatic heterocycles. The first-order chi connectivity index (χ1) is 9.40. The predicted octanol–water partition coefficient (Wildman–Crippen LogP) is 1.20. The molecule has 1 aromatic carbocycles. The molecular formula is C14H20N2O4. The minimum Gasteiger partial charge on any atom is -0.478 e. The highest BCUT2D eigenvalue weighted by molar-refractivity contribution is 5.87. The fourth-order valence-electron chi connectivity index (χ4n) is 1.44. The Morgan fingerprint density at radius 3 is 2.25 bits per heavy atom. The second-order valence-corrected chi connectivity index (χ2v) is 4.88. The van der Waals surface area contributed by atoms with Crippen LogP contribution in [0.5, 0.6) is 0 Å². The molecule has 4 N–H and O–H groups in total. The molecule has 0 spiro atoms. The lowest BCUT2D eigenvalue weighted by molar-refractivity contribution is 0.0697. The Morgan fingerprint density at radius 2 is 1.75 bits per heavy atom. The molecule has 0 aliphatic rings. The maximum Gasteiger partial charge on any atom is 0.335 e. The van der Waals surface area contributed by atoms with Crippen LogP contribution in [0.2, 0.25) is 0 Å². The number of aliphatic hydroxyl groups excluding tert-OH is 1. The molecule has 1 aromatic rings. The lowest BCUT2D eigenvalue weighted by Gasteiger charge is -2.15. The van der Waals surface area contributed by atoms with Gasteiger partial charge in [0.15, 0.2) is 0 Å². The average molecular weight is 280 g/mol. The Bertz CT molecular complexity index is 457. The Kier molecular flexibility index (Phi) is 5.99. The second kappa shape index (κ2) is 7.49. The number of carboxylic acid groups (broad SMARTS) is 1. The van der Waals surface area contributed by atoms with E-state index in [0.717, 1.165) is 5.56 Å². The van der Waals surface area contributed by atoms with E-state index in [1.54, 1.807) is 12.1 Å². The number of rotatable bonds is 6.